The number of anilines is 1. The van der Waals surface area contributed by atoms with Crippen molar-refractivity contribution in [2.75, 3.05) is 25.1 Å². The molecule has 6 heteroatoms. The van der Waals surface area contributed by atoms with Gasteiger partial charge in [0, 0.05) is 29.4 Å². The lowest BCUT2D eigenvalue weighted by atomic mass is 9.57. The molecule has 2 aromatic rings. The Balaban J connectivity index is 1.40. The van der Waals surface area contributed by atoms with Crippen molar-refractivity contribution in [1.29, 1.82) is 0 Å². The van der Waals surface area contributed by atoms with Gasteiger partial charge in [0.05, 0.1) is 36.3 Å². The summed E-state index contributed by atoms with van der Waals surface area (Å²) in [6.45, 7) is 4.17. The Morgan fingerprint density at radius 2 is 1.97 bits per heavy atom. The molecule has 7 atom stereocenters. The van der Waals surface area contributed by atoms with Gasteiger partial charge >= 0.3 is 0 Å². The van der Waals surface area contributed by atoms with Crippen LogP contribution in [0.3, 0.4) is 0 Å². The number of para-hydroxylation sites is 1. The van der Waals surface area contributed by atoms with Gasteiger partial charge < -0.3 is 24.6 Å². The summed E-state index contributed by atoms with van der Waals surface area (Å²) in [5.41, 5.74) is 3.19. The number of aliphatic hydroxyl groups is 1. The fraction of sp³-hybridized carbons (Fsp3) is 0.538. The van der Waals surface area contributed by atoms with Crippen LogP contribution in [0.5, 0.6) is 11.5 Å². The molecule has 0 radical (unpaired) electrons. The van der Waals surface area contributed by atoms with Crippen molar-refractivity contribution in [3.63, 3.8) is 0 Å². The quantitative estimate of drug-likeness (QED) is 0.673. The van der Waals surface area contributed by atoms with Crippen LogP contribution in [0.15, 0.2) is 36.4 Å². The van der Waals surface area contributed by atoms with Gasteiger partial charge in [0.2, 0.25) is 0 Å². The van der Waals surface area contributed by atoms with Crippen LogP contribution in [-0.4, -0.2) is 65.1 Å². The van der Waals surface area contributed by atoms with Crippen molar-refractivity contribution in [2.24, 2.45) is 0 Å². The first-order valence-electron chi connectivity index (χ1n) is 11.8. The van der Waals surface area contributed by atoms with Crippen LogP contribution >= 0.6 is 0 Å². The maximum atomic E-state index is 12.3. The molecule has 0 amide bonds. The molecule has 2 aromatic carbocycles. The van der Waals surface area contributed by atoms with Crippen LogP contribution in [-0.2, 0) is 16.8 Å². The smallest absolute Gasteiger partial charge is 0.165 e. The first kappa shape index (κ1) is 19.2. The molecule has 2 saturated carbocycles. The van der Waals surface area contributed by atoms with E-state index in [0.717, 1.165) is 36.9 Å². The van der Waals surface area contributed by atoms with Crippen molar-refractivity contribution in [3.05, 3.63) is 53.1 Å². The summed E-state index contributed by atoms with van der Waals surface area (Å²) in [6.07, 6.45) is 2.24. The van der Waals surface area contributed by atoms with E-state index in [9.17, 15) is 10.2 Å². The normalized spacial score (nSPS) is 41.0. The number of fused-ring (bicyclic) bond motifs is 4. The number of hydrogen-bond acceptors (Lipinski definition) is 6. The Morgan fingerprint density at radius 3 is 2.84 bits per heavy atom. The fourth-order valence-corrected chi connectivity index (χ4v) is 7.82. The van der Waals surface area contributed by atoms with Gasteiger partial charge in [-0.3, -0.25) is 4.90 Å². The number of phenols is 1. The predicted octanol–water partition coefficient (Wildman–Crippen LogP) is 2.72. The van der Waals surface area contributed by atoms with Gasteiger partial charge in [0.15, 0.2) is 11.5 Å². The second-order valence-electron chi connectivity index (χ2n) is 10.4. The maximum absolute atomic E-state index is 12.3. The van der Waals surface area contributed by atoms with Crippen molar-refractivity contribution >= 4 is 5.69 Å². The number of likely N-dealkylation sites (tertiary alicyclic amines) is 1. The van der Waals surface area contributed by atoms with E-state index in [1.54, 1.807) is 6.07 Å². The summed E-state index contributed by atoms with van der Waals surface area (Å²) in [4.78, 5) is 4.77. The first-order chi connectivity index (χ1) is 15.5. The lowest BCUT2D eigenvalue weighted by Gasteiger charge is -2.54. The number of benzene rings is 2. The summed E-state index contributed by atoms with van der Waals surface area (Å²) < 4.78 is 12.6. The molecule has 6 nitrogen and oxygen atoms in total. The summed E-state index contributed by atoms with van der Waals surface area (Å²) >= 11 is 0. The molecular weight excluding hydrogens is 404 g/mol. The molecule has 0 bridgehead atoms. The van der Waals surface area contributed by atoms with Crippen LogP contribution in [0, 0.1) is 6.92 Å². The Labute approximate surface area is 188 Å². The molecule has 5 aliphatic rings. The standard InChI is InChI=1S/C26H30N2O4/c1-15-7-8-20(29)22-21(15)25-13-19-23(27(19)2)26(25,30)10-9-18(24(25)32-22)28-11-12-31-14-16-5-3-4-6-17(16)28/h3-8,18-19,23-24,29-30H,9-14H2,1-2H3/t18-,19?,23-,24+,25+,26-,27?/m1/s1. The van der Waals surface area contributed by atoms with Gasteiger partial charge in [-0.15, -0.1) is 0 Å². The molecule has 32 heavy (non-hydrogen) atoms. The molecular formula is C26H30N2O4. The SMILES string of the molecule is Cc1ccc(O)c2c1[C@]13CC4[C@@H](N4C)[C@]1(O)CC[C@@H](N1CCOCc4ccccc41)[C@@H]3O2. The highest BCUT2D eigenvalue weighted by Gasteiger charge is 2.80. The van der Waals surface area contributed by atoms with E-state index < -0.39 is 11.0 Å². The van der Waals surface area contributed by atoms with E-state index in [0.29, 0.717) is 25.0 Å². The van der Waals surface area contributed by atoms with Gasteiger partial charge in [-0.25, -0.2) is 0 Å². The van der Waals surface area contributed by atoms with E-state index in [4.69, 9.17) is 9.47 Å². The number of aryl methyl sites for hydroxylation is 1. The number of nitrogens with zero attached hydrogens (tertiary/aromatic N) is 2. The first-order valence-corrected chi connectivity index (χ1v) is 11.8. The molecule has 7 rings (SSSR count). The molecule has 3 fully saturated rings. The highest BCUT2D eigenvalue weighted by Crippen LogP contribution is 2.69. The zero-order valence-corrected chi connectivity index (χ0v) is 18.6. The average Bonchev–Trinajstić information content (AvgIpc) is 3.23. The number of phenolic OH excluding ortho intramolecular Hbond substituents is 1. The lowest BCUT2D eigenvalue weighted by Crippen LogP contribution is -2.68. The topological polar surface area (TPSA) is 65.2 Å². The number of likely N-dealkylation sites (N-methyl/N-ethyl adjacent to an activating group) is 1. The van der Waals surface area contributed by atoms with Gasteiger partial charge in [0.1, 0.15) is 6.10 Å². The second kappa shape index (κ2) is 6.19. The van der Waals surface area contributed by atoms with Gasteiger partial charge in [-0.2, -0.15) is 0 Å². The van der Waals surface area contributed by atoms with E-state index in [1.165, 1.54) is 11.3 Å². The van der Waals surface area contributed by atoms with E-state index in [-0.39, 0.29) is 23.9 Å². The maximum Gasteiger partial charge on any atom is 0.165 e. The average molecular weight is 435 g/mol. The van der Waals surface area contributed by atoms with Crippen LogP contribution in [0.4, 0.5) is 5.69 Å². The Hall–Kier alpha value is -2.28. The molecule has 0 aromatic heterocycles. The van der Waals surface area contributed by atoms with Gasteiger partial charge in [0.25, 0.3) is 0 Å². The molecule has 2 N–H and O–H groups in total. The van der Waals surface area contributed by atoms with Gasteiger partial charge in [-0.05, 0) is 50.9 Å². The van der Waals surface area contributed by atoms with Crippen molar-refractivity contribution in [2.45, 2.75) is 68.0 Å². The van der Waals surface area contributed by atoms with Crippen LogP contribution in [0.25, 0.3) is 0 Å². The molecule has 1 spiro atoms. The third-order valence-electron chi connectivity index (χ3n) is 9.16. The summed E-state index contributed by atoms with van der Waals surface area (Å²) in [6, 6.07) is 12.8. The van der Waals surface area contributed by atoms with Gasteiger partial charge in [-0.1, -0.05) is 24.3 Å². The van der Waals surface area contributed by atoms with E-state index >= 15 is 0 Å². The second-order valence-corrected chi connectivity index (χ2v) is 10.4. The Kier molecular flexibility index (Phi) is 3.72. The predicted molar refractivity (Wildman–Crippen MR) is 120 cm³/mol. The van der Waals surface area contributed by atoms with E-state index in [1.807, 2.05) is 6.07 Å². The van der Waals surface area contributed by atoms with Crippen LogP contribution in [0.2, 0.25) is 0 Å². The highest BCUT2D eigenvalue weighted by atomic mass is 16.5. The number of ether oxygens (including phenoxy) is 2. The van der Waals surface area contributed by atoms with Crippen molar-refractivity contribution in [3.8, 4) is 11.5 Å². The number of rotatable bonds is 1. The zero-order valence-electron chi connectivity index (χ0n) is 18.6. The molecule has 1 saturated heterocycles. The van der Waals surface area contributed by atoms with Crippen molar-refractivity contribution in [1.82, 2.24) is 4.90 Å². The summed E-state index contributed by atoms with van der Waals surface area (Å²) in [5.74, 6) is 0.771. The number of piperidine rings is 1. The molecule has 3 heterocycles. The molecule has 2 unspecified atom stereocenters. The lowest BCUT2D eigenvalue weighted by molar-refractivity contribution is -0.110. The van der Waals surface area contributed by atoms with Crippen molar-refractivity contribution < 1.29 is 19.7 Å². The summed E-state index contributed by atoms with van der Waals surface area (Å²) in [5, 5.41) is 23.1. The highest BCUT2D eigenvalue weighted by molar-refractivity contribution is 5.63. The Bertz CT molecular complexity index is 1120. The van der Waals surface area contributed by atoms with Crippen LogP contribution < -0.4 is 9.64 Å². The minimum Gasteiger partial charge on any atom is -0.504 e. The minimum atomic E-state index is -0.848. The third kappa shape index (κ3) is 2.12. The number of hydrogen-bond donors (Lipinski definition) is 2. The van der Waals surface area contributed by atoms with Crippen LogP contribution in [0.1, 0.15) is 36.0 Å². The monoisotopic (exact) mass is 434 g/mol. The summed E-state index contributed by atoms with van der Waals surface area (Å²) in [7, 11) is 2.12. The minimum absolute atomic E-state index is 0.104. The van der Waals surface area contributed by atoms with E-state index in [2.05, 4.69) is 48.0 Å². The Morgan fingerprint density at radius 1 is 1.12 bits per heavy atom. The third-order valence-corrected chi connectivity index (χ3v) is 9.16. The number of aromatic hydroxyl groups is 1. The largest absolute Gasteiger partial charge is 0.504 e. The molecule has 168 valence electrons. The zero-order chi connectivity index (χ0) is 21.8. The fourth-order valence-electron chi connectivity index (χ4n) is 7.82. The molecule has 2 aliphatic carbocycles. The molecule has 3 aliphatic heterocycles.